The van der Waals surface area contributed by atoms with Gasteiger partial charge >= 0.3 is 0 Å². The van der Waals surface area contributed by atoms with E-state index in [-0.39, 0.29) is 0 Å². The van der Waals surface area contributed by atoms with Gasteiger partial charge in [0.15, 0.2) is 0 Å². The molecular formula is C12H23N. The maximum absolute atomic E-state index is 5.86. The highest BCUT2D eigenvalue weighted by atomic mass is 14.6. The van der Waals surface area contributed by atoms with Crippen molar-refractivity contribution in [3.8, 4) is 0 Å². The first-order chi connectivity index (χ1) is 6.24. The van der Waals surface area contributed by atoms with E-state index in [9.17, 15) is 0 Å². The quantitative estimate of drug-likeness (QED) is 0.599. The van der Waals surface area contributed by atoms with Gasteiger partial charge in [-0.05, 0) is 38.5 Å². The van der Waals surface area contributed by atoms with E-state index in [4.69, 9.17) is 5.73 Å². The van der Waals surface area contributed by atoms with Gasteiger partial charge in [0, 0.05) is 6.04 Å². The lowest BCUT2D eigenvalue weighted by Crippen LogP contribution is -2.19. The highest BCUT2D eigenvalue weighted by molar-refractivity contribution is 4.89. The summed E-state index contributed by atoms with van der Waals surface area (Å²) in [6, 6.07) is 0.373. The van der Waals surface area contributed by atoms with Crippen molar-refractivity contribution in [3.63, 3.8) is 0 Å². The second-order valence-corrected chi connectivity index (χ2v) is 3.56. The first kappa shape index (κ1) is 12.4. The third kappa shape index (κ3) is 6.59. The van der Waals surface area contributed by atoms with Crippen molar-refractivity contribution in [1.82, 2.24) is 0 Å². The molecule has 0 saturated heterocycles. The third-order valence-corrected chi connectivity index (χ3v) is 2.37. The van der Waals surface area contributed by atoms with Crippen molar-refractivity contribution >= 4 is 0 Å². The number of allylic oxidation sites excluding steroid dienone is 3. The van der Waals surface area contributed by atoms with Crippen LogP contribution in [0, 0.1) is 5.92 Å². The van der Waals surface area contributed by atoms with Crippen LogP contribution in [0.3, 0.4) is 0 Å². The molecule has 0 aliphatic rings. The van der Waals surface area contributed by atoms with Crippen molar-refractivity contribution in [1.29, 1.82) is 0 Å². The lowest BCUT2D eigenvalue weighted by molar-refractivity contribution is 0.497. The monoisotopic (exact) mass is 181 g/mol. The first-order valence-electron chi connectivity index (χ1n) is 5.23. The molecule has 0 aliphatic carbocycles. The molecule has 2 N–H and O–H groups in total. The fourth-order valence-electron chi connectivity index (χ4n) is 1.41. The van der Waals surface area contributed by atoms with Gasteiger partial charge in [-0.1, -0.05) is 25.2 Å². The van der Waals surface area contributed by atoms with E-state index in [0.29, 0.717) is 12.0 Å². The molecule has 0 fully saturated rings. The van der Waals surface area contributed by atoms with E-state index in [1.165, 1.54) is 6.42 Å². The Balaban J connectivity index is 3.74. The maximum atomic E-state index is 5.86. The summed E-state index contributed by atoms with van der Waals surface area (Å²) in [7, 11) is 0. The second-order valence-electron chi connectivity index (χ2n) is 3.56. The summed E-state index contributed by atoms with van der Waals surface area (Å²) in [6.45, 7) is 7.97. The normalized spacial score (nSPS) is 15.9. The molecule has 0 rings (SSSR count). The van der Waals surface area contributed by atoms with Gasteiger partial charge in [-0.15, -0.1) is 6.58 Å². The van der Waals surface area contributed by atoms with Gasteiger partial charge in [-0.25, -0.2) is 0 Å². The van der Waals surface area contributed by atoms with Gasteiger partial charge < -0.3 is 5.73 Å². The van der Waals surface area contributed by atoms with Crippen molar-refractivity contribution in [2.75, 3.05) is 0 Å². The van der Waals surface area contributed by atoms with Gasteiger partial charge in [-0.3, -0.25) is 0 Å². The minimum absolute atomic E-state index is 0.373. The van der Waals surface area contributed by atoms with Crippen LogP contribution in [0.15, 0.2) is 24.8 Å². The highest BCUT2D eigenvalue weighted by Crippen LogP contribution is 2.15. The van der Waals surface area contributed by atoms with Crippen LogP contribution >= 0.6 is 0 Å². The number of nitrogens with two attached hydrogens (primary N) is 1. The molecule has 76 valence electrons. The van der Waals surface area contributed by atoms with Crippen LogP contribution in [0.1, 0.15) is 39.5 Å². The standard InChI is InChI=1S/C12H23N/c1-4-7-11(8-5-2)9-10-12(13)6-3/h4-5,8,11-12H,1,6-7,9-10,13H2,2-3H3/b8-5+. The lowest BCUT2D eigenvalue weighted by atomic mass is 9.96. The molecule has 0 aromatic rings. The molecule has 0 aromatic heterocycles. The maximum Gasteiger partial charge on any atom is 0.00364 e. The Morgan fingerprint density at radius 3 is 2.54 bits per heavy atom. The zero-order chi connectivity index (χ0) is 10.1. The van der Waals surface area contributed by atoms with E-state index in [0.717, 1.165) is 19.3 Å². The number of rotatable bonds is 7. The van der Waals surface area contributed by atoms with Gasteiger partial charge in [-0.2, -0.15) is 0 Å². The predicted octanol–water partition coefficient (Wildman–Crippen LogP) is 3.27. The fourth-order valence-corrected chi connectivity index (χ4v) is 1.41. The molecule has 0 amide bonds. The van der Waals surface area contributed by atoms with Crippen LogP contribution in [0.4, 0.5) is 0 Å². The van der Waals surface area contributed by atoms with E-state index >= 15 is 0 Å². The Bertz CT molecular complexity index is 149. The Morgan fingerprint density at radius 2 is 2.08 bits per heavy atom. The molecule has 0 saturated carbocycles. The molecule has 2 unspecified atom stereocenters. The molecule has 0 spiro atoms. The van der Waals surface area contributed by atoms with Crippen molar-refractivity contribution in [2.45, 2.75) is 45.6 Å². The lowest BCUT2D eigenvalue weighted by Gasteiger charge is -2.13. The van der Waals surface area contributed by atoms with Crippen LogP contribution in [-0.2, 0) is 0 Å². The summed E-state index contributed by atoms with van der Waals surface area (Å²) in [4.78, 5) is 0. The van der Waals surface area contributed by atoms with Crippen molar-refractivity contribution < 1.29 is 0 Å². The fraction of sp³-hybridized carbons (Fsp3) is 0.667. The zero-order valence-electron chi connectivity index (χ0n) is 9.00. The first-order valence-corrected chi connectivity index (χ1v) is 5.23. The van der Waals surface area contributed by atoms with Gasteiger partial charge in [0.1, 0.15) is 0 Å². The smallest absolute Gasteiger partial charge is 0.00364 e. The van der Waals surface area contributed by atoms with Gasteiger partial charge in [0.25, 0.3) is 0 Å². The molecular weight excluding hydrogens is 158 g/mol. The molecule has 0 aromatic carbocycles. The Hall–Kier alpha value is -0.560. The summed E-state index contributed by atoms with van der Waals surface area (Å²) in [5.74, 6) is 0.639. The van der Waals surface area contributed by atoms with E-state index in [2.05, 4.69) is 32.6 Å². The summed E-state index contributed by atoms with van der Waals surface area (Å²) < 4.78 is 0. The predicted molar refractivity (Wildman–Crippen MR) is 60.6 cm³/mol. The largest absolute Gasteiger partial charge is 0.328 e. The molecule has 0 radical (unpaired) electrons. The summed E-state index contributed by atoms with van der Waals surface area (Å²) in [5.41, 5.74) is 5.86. The van der Waals surface area contributed by atoms with Crippen molar-refractivity contribution in [3.05, 3.63) is 24.8 Å². The van der Waals surface area contributed by atoms with Gasteiger partial charge in [0.05, 0.1) is 0 Å². The van der Waals surface area contributed by atoms with E-state index in [1.807, 2.05) is 6.08 Å². The van der Waals surface area contributed by atoms with Crippen LogP contribution in [0.2, 0.25) is 0 Å². The molecule has 13 heavy (non-hydrogen) atoms. The van der Waals surface area contributed by atoms with E-state index in [1.54, 1.807) is 0 Å². The van der Waals surface area contributed by atoms with Gasteiger partial charge in [0.2, 0.25) is 0 Å². The number of hydrogen-bond donors (Lipinski definition) is 1. The SMILES string of the molecule is C=CCC(/C=C/C)CCC(N)CC. The van der Waals surface area contributed by atoms with E-state index < -0.39 is 0 Å². The topological polar surface area (TPSA) is 26.0 Å². The molecule has 0 aliphatic heterocycles. The minimum atomic E-state index is 0.373. The summed E-state index contributed by atoms with van der Waals surface area (Å²) in [6.07, 6.45) is 10.8. The molecule has 0 heterocycles. The third-order valence-electron chi connectivity index (χ3n) is 2.37. The van der Waals surface area contributed by atoms with Crippen LogP contribution in [0.25, 0.3) is 0 Å². The average molecular weight is 181 g/mol. The summed E-state index contributed by atoms with van der Waals surface area (Å²) in [5, 5.41) is 0. The Labute approximate surface area is 82.7 Å². The minimum Gasteiger partial charge on any atom is -0.328 e. The second kappa shape index (κ2) is 8.06. The van der Waals surface area contributed by atoms with Crippen LogP contribution in [-0.4, -0.2) is 6.04 Å². The van der Waals surface area contributed by atoms with Crippen LogP contribution < -0.4 is 5.73 Å². The zero-order valence-corrected chi connectivity index (χ0v) is 9.00. The molecule has 2 atom stereocenters. The van der Waals surface area contributed by atoms with Crippen LogP contribution in [0.5, 0.6) is 0 Å². The Kier molecular flexibility index (Phi) is 7.71. The molecule has 0 bridgehead atoms. The Morgan fingerprint density at radius 1 is 1.38 bits per heavy atom. The van der Waals surface area contributed by atoms with Crippen molar-refractivity contribution in [2.24, 2.45) is 11.7 Å². The highest BCUT2D eigenvalue weighted by Gasteiger charge is 2.05. The summed E-state index contributed by atoms with van der Waals surface area (Å²) >= 11 is 0. The molecule has 1 heteroatoms. The average Bonchev–Trinajstić information content (AvgIpc) is 2.14. The molecule has 1 nitrogen and oxygen atoms in total. The number of hydrogen-bond acceptors (Lipinski definition) is 1.